The fraction of sp³-hybridized carbons (Fsp3) is 0.188. The van der Waals surface area contributed by atoms with E-state index in [2.05, 4.69) is 10.3 Å². The number of thiophene rings is 1. The fourth-order valence-corrected chi connectivity index (χ4v) is 2.94. The van der Waals surface area contributed by atoms with Gasteiger partial charge in [0.25, 0.3) is 5.91 Å². The first-order valence-corrected chi connectivity index (χ1v) is 8.55. The minimum absolute atomic E-state index is 0.152. The molecule has 8 heteroatoms. The third-order valence-electron chi connectivity index (χ3n) is 2.98. The number of anilines is 1. The molecule has 0 unspecified atom stereocenters. The molecule has 0 aliphatic heterocycles. The SMILES string of the molecule is Cc1ccsc1/C=C/C(=O)O[C@H](C)C(=O)Nc1ncc(Cl)cc1Cl. The molecular formula is C16H14Cl2N2O3S. The number of aromatic nitrogens is 1. The molecule has 0 aromatic carbocycles. The van der Waals surface area contributed by atoms with Gasteiger partial charge in [0.2, 0.25) is 0 Å². The lowest BCUT2D eigenvalue weighted by Crippen LogP contribution is -2.29. The number of nitrogens with zero attached hydrogens (tertiary/aromatic N) is 1. The van der Waals surface area contributed by atoms with Crippen LogP contribution in [-0.4, -0.2) is 23.0 Å². The number of hydrogen-bond donors (Lipinski definition) is 1. The number of aryl methyl sites for hydroxylation is 1. The summed E-state index contributed by atoms with van der Waals surface area (Å²) in [4.78, 5) is 28.7. The van der Waals surface area contributed by atoms with Crippen molar-refractivity contribution in [2.45, 2.75) is 20.0 Å². The largest absolute Gasteiger partial charge is 0.449 e. The molecule has 1 N–H and O–H groups in total. The maximum atomic E-state index is 12.0. The van der Waals surface area contributed by atoms with E-state index in [9.17, 15) is 9.59 Å². The van der Waals surface area contributed by atoms with Crippen LogP contribution < -0.4 is 5.32 Å². The lowest BCUT2D eigenvalue weighted by molar-refractivity contribution is -0.148. The van der Waals surface area contributed by atoms with Gasteiger partial charge in [-0.3, -0.25) is 4.79 Å². The molecule has 1 amide bonds. The Kier molecular flexibility index (Phi) is 6.36. The standard InChI is InChI=1S/C16H14Cl2N2O3S/c1-9-5-6-24-13(9)3-4-14(21)23-10(2)16(22)20-15-12(18)7-11(17)8-19-15/h3-8,10H,1-2H3,(H,19,20,22)/b4-3+/t10-/m1/s1. The van der Waals surface area contributed by atoms with Crippen molar-refractivity contribution in [2.24, 2.45) is 0 Å². The van der Waals surface area contributed by atoms with Gasteiger partial charge < -0.3 is 10.1 Å². The second kappa shape index (κ2) is 8.28. The number of pyridine rings is 1. The molecule has 0 radical (unpaired) electrons. The highest BCUT2D eigenvalue weighted by Gasteiger charge is 2.18. The molecule has 0 aliphatic carbocycles. The molecule has 0 spiro atoms. The predicted octanol–water partition coefficient (Wildman–Crippen LogP) is 4.34. The van der Waals surface area contributed by atoms with Crippen LogP contribution in [0.25, 0.3) is 6.08 Å². The van der Waals surface area contributed by atoms with E-state index in [1.165, 1.54) is 36.6 Å². The number of carbonyl (C=O) groups is 2. The third kappa shape index (κ3) is 5.06. The van der Waals surface area contributed by atoms with Gasteiger partial charge in [-0.05, 0) is 43.0 Å². The molecule has 126 valence electrons. The summed E-state index contributed by atoms with van der Waals surface area (Å²) in [6.45, 7) is 3.40. The van der Waals surface area contributed by atoms with Gasteiger partial charge in [0, 0.05) is 17.2 Å². The predicted molar refractivity (Wildman–Crippen MR) is 96.5 cm³/mol. The molecule has 0 bridgehead atoms. The van der Waals surface area contributed by atoms with Gasteiger partial charge in [-0.15, -0.1) is 11.3 Å². The van der Waals surface area contributed by atoms with Gasteiger partial charge >= 0.3 is 5.97 Å². The zero-order valence-corrected chi connectivity index (χ0v) is 15.2. The lowest BCUT2D eigenvalue weighted by atomic mass is 10.3. The molecule has 24 heavy (non-hydrogen) atoms. The Hall–Kier alpha value is -1.89. The first-order chi connectivity index (χ1) is 11.4. The van der Waals surface area contributed by atoms with Crippen molar-refractivity contribution in [2.75, 3.05) is 5.32 Å². The molecule has 1 atom stereocenters. The summed E-state index contributed by atoms with van der Waals surface area (Å²) in [6, 6.07) is 3.41. The molecule has 0 saturated heterocycles. The van der Waals surface area contributed by atoms with Gasteiger partial charge in [-0.1, -0.05) is 23.2 Å². The van der Waals surface area contributed by atoms with Crippen LogP contribution in [0.5, 0.6) is 0 Å². The number of rotatable bonds is 5. The molecule has 0 saturated carbocycles. The molecule has 0 fully saturated rings. The summed E-state index contributed by atoms with van der Waals surface area (Å²) in [6.07, 6.45) is 3.30. The minimum Gasteiger partial charge on any atom is -0.449 e. The number of ether oxygens (including phenoxy) is 1. The summed E-state index contributed by atoms with van der Waals surface area (Å²) in [5.74, 6) is -1.000. The Morgan fingerprint density at radius 2 is 2.17 bits per heavy atom. The highest BCUT2D eigenvalue weighted by atomic mass is 35.5. The van der Waals surface area contributed by atoms with E-state index in [-0.39, 0.29) is 10.8 Å². The minimum atomic E-state index is -1.000. The maximum Gasteiger partial charge on any atom is 0.331 e. The summed E-state index contributed by atoms with van der Waals surface area (Å²) in [7, 11) is 0. The summed E-state index contributed by atoms with van der Waals surface area (Å²) < 4.78 is 5.06. The van der Waals surface area contributed by atoms with Crippen molar-refractivity contribution in [1.29, 1.82) is 0 Å². The van der Waals surface area contributed by atoms with Crippen LogP contribution in [0, 0.1) is 6.92 Å². The van der Waals surface area contributed by atoms with E-state index in [0.717, 1.165) is 10.4 Å². The smallest absolute Gasteiger partial charge is 0.331 e. The monoisotopic (exact) mass is 384 g/mol. The lowest BCUT2D eigenvalue weighted by Gasteiger charge is -2.12. The van der Waals surface area contributed by atoms with Crippen molar-refractivity contribution in [3.63, 3.8) is 0 Å². The van der Waals surface area contributed by atoms with Gasteiger partial charge in [0.1, 0.15) is 0 Å². The number of esters is 1. The number of amides is 1. The van der Waals surface area contributed by atoms with E-state index in [1.807, 2.05) is 18.4 Å². The first-order valence-electron chi connectivity index (χ1n) is 6.91. The van der Waals surface area contributed by atoms with Crippen molar-refractivity contribution in [3.05, 3.63) is 50.3 Å². The highest BCUT2D eigenvalue weighted by molar-refractivity contribution is 7.11. The second-order valence-electron chi connectivity index (χ2n) is 4.85. The molecule has 0 aliphatic rings. The molecular weight excluding hydrogens is 371 g/mol. The normalized spacial score (nSPS) is 12.2. The molecule has 2 aromatic rings. The van der Waals surface area contributed by atoms with Crippen LogP contribution in [0.1, 0.15) is 17.4 Å². The quantitative estimate of drug-likeness (QED) is 0.614. The van der Waals surface area contributed by atoms with Crippen LogP contribution in [-0.2, 0) is 14.3 Å². The molecule has 2 aromatic heterocycles. The Morgan fingerprint density at radius 3 is 2.79 bits per heavy atom. The van der Waals surface area contributed by atoms with E-state index in [0.29, 0.717) is 5.02 Å². The van der Waals surface area contributed by atoms with Crippen LogP contribution >= 0.6 is 34.5 Å². The van der Waals surface area contributed by atoms with E-state index in [1.54, 1.807) is 6.08 Å². The van der Waals surface area contributed by atoms with Crippen molar-refractivity contribution in [3.8, 4) is 0 Å². The molecule has 2 heterocycles. The fourth-order valence-electron chi connectivity index (χ4n) is 1.69. The Labute approximate surface area is 153 Å². The van der Waals surface area contributed by atoms with Crippen LogP contribution in [0.2, 0.25) is 10.0 Å². The maximum absolute atomic E-state index is 12.0. The molecule has 2 rings (SSSR count). The van der Waals surface area contributed by atoms with Crippen LogP contribution in [0.4, 0.5) is 5.82 Å². The van der Waals surface area contributed by atoms with Gasteiger partial charge in [-0.25, -0.2) is 9.78 Å². The topological polar surface area (TPSA) is 68.3 Å². The Morgan fingerprint density at radius 1 is 1.42 bits per heavy atom. The van der Waals surface area contributed by atoms with Gasteiger partial charge in [-0.2, -0.15) is 0 Å². The number of carbonyl (C=O) groups excluding carboxylic acids is 2. The summed E-state index contributed by atoms with van der Waals surface area (Å²) in [5, 5.41) is 4.96. The zero-order valence-electron chi connectivity index (χ0n) is 12.9. The zero-order chi connectivity index (χ0) is 17.7. The average molecular weight is 385 g/mol. The summed E-state index contributed by atoms with van der Waals surface area (Å²) >= 11 is 13.2. The van der Waals surface area contributed by atoms with E-state index >= 15 is 0 Å². The number of nitrogens with one attached hydrogen (secondary N) is 1. The van der Waals surface area contributed by atoms with Gasteiger partial charge in [0.05, 0.1) is 10.0 Å². The van der Waals surface area contributed by atoms with Crippen molar-refractivity contribution >= 4 is 58.3 Å². The Bertz CT molecular complexity index is 789. The van der Waals surface area contributed by atoms with E-state index in [4.69, 9.17) is 27.9 Å². The Balaban J connectivity index is 1.92. The molecule has 5 nitrogen and oxygen atoms in total. The van der Waals surface area contributed by atoms with Crippen LogP contribution in [0.3, 0.4) is 0 Å². The van der Waals surface area contributed by atoms with Crippen LogP contribution in [0.15, 0.2) is 29.8 Å². The average Bonchev–Trinajstić information content (AvgIpc) is 2.93. The second-order valence-corrected chi connectivity index (χ2v) is 6.64. The highest BCUT2D eigenvalue weighted by Crippen LogP contribution is 2.22. The van der Waals surface area contributed by atoms with Crippen molar-refractivity contribution < 1.29 is 14.3 Å². The van der Waals surface area contributed by atoms with E-state index < -0.39 is 18.0 Å². The third-order valence-corrected chi connectivity index (χ3v) is 4.46. The first kappa shape index (κ1) is 18.4. The van der Waals surface area contributed by atoms with Crippen molar-refractivity contribution in [1.82, 2.24) is 4.98 Å². The number of hydrogen-bond acceptors (Lipinski definition) is 5. The number of halogens is 2. The summed E-state index contributed by atoms with van der Waals surface area (Å²) in [5.41, 5.74) is 1.07. The van der Waals surface area contributed by atoms with Gasteiger partial charge in [0.15, 0.2) is 11.9 Å².